The van der Waals surface area contributed by atoms with E-state index < -0.39 is 17.1 Å². The fourth-order valence-electron chi connectivity index (χ4n) is 3.18. The van der Waals surface area contributed by atoms with Gasteiger partial charge in [0, 0.05) is 17.5 Å². The van der Waals surface area contributed by atoms with Crippen molar-refractivity contribution in [1.82, 2.24) is 9.88 Å². The molecule has 4 rings (SSSR count). The number of hydrogen-bond acceptors (Lipinski definition) is 6. The predicted octanol–water partition coefficient (Wildman–Crippen LogP) is 4.97. The Morgan fingerprint density at radius 3 is 2.50 bits per heavy atom. The van der Waals surface area contributed by atoms with E-state index in [0.29, 0.717) is 10.0 Å². The van der Waals surface area contributed by atoms with E-state index in [1.165, 1.54) is 22.5 Å². The van der Waals surface area contributed by atoms with Gasteiger partial charge in [-0.3, -0.25) is 19.3 Å². The minimum atomic E-state index is -0.464. The first-order valence-electron chi connectivity index (χ1n) is 10.1. The van der Waals surface area contributed by atoms with Crippen LogP contribution >= 0.6 is 23.1 Å². The fourth-order valence-corrected chi connectivity index (χ4v) is 4.88. The van der Waals surface area contributed by atoms with Crippen LogP contribution in [0.3, 0.4) is 0 Å². The Morgan fingerprint density at radius 1 is 1.06 bits per heavy atom. The van der Waals surface area contributed by atoms with Gasteiger partial charge in [0.2, 0.25) is 5.91 Å². The molecule has 0 bridgehead atoms. The van der Waals surface area contributed by atoms with Gasteiger partial charge in [-0.25, -0.2) is 4.98 Å². The molecule has 0 radical (unpaired) electrons. The van der Waals surface area contributed by atoms with Crippen LogP contribution in [0, 0.1) is 0 Å². The molecule has 1 N–H and O–H groups in total. The van der Waals surface area contributed by atoms with Crippen LogP contribution in [0.1, 0.15) is 28.5 Å². The van der Waals surface area contributed by atoms with E-state index >= 15 is 0 Å². The number of thioether (sulfide) groups is 1. The quantitative estimate of drug-likeness (QED) is 0.501. The first kappa shape index (κ1) is 22.0. The second-order valence-electron chi connectivity index (χ2n) is 7.21. The van der Waals surface area contributed by atoms with Gasteiger partial charge in [-0.05, 0) is 40.9 Å². The summed E-state index contributed by atoms with van der Waals surface area (Å²) in [5, 5.41) is 2.68. The van der Waals surface area contributed by atoms with Gasteiger partial charge in [-0.1, -0.05) is 61.5 Å². The molecule has 1 aromatic heterocycles. The standard InChI is InChI=1S/C24H21N3O3S2/c1-2-16-8-10-18(11-9-16)12-19-14-25-23(31-19)26-21(28)15-27-22(29)20(32-24(27)30)13-17-6-4-3-5-7-17/h3-11,13-14H,2,12,15H2,1H3,(H,25,26,28)/b20-13-. The lowest BCUT2D eigenvalue weighted by Crippen LogP contribution is -2.36. The fraction of sp³-hybridized carbons (Fsp3) is 0.167. The Balaban J connectivity index is 1.35. The van der Waals surface area contributed by atoms with Crippen molar-refractivity contribution < 1.29 is 14.4 Å². The number of aryl methyl sites for hydroxylation is 1. The summed E-state index contributed by atoms with van der Waals surface area (Å²) in [7, 11) is 0. The molecule has 0 atom stereocenters. The summed E-state index contributed by atoms with van der Waals surface area (Å²) >= 11 is 2.22. The number of imide groups is 1. The van der Waals surface area contributed by atoms with Gasteiger partial charge >= 0.3 is 0 Å². The largest absolute Gasteiger partial charge is 0.300 e. The number of hydrogen-bond donors (Lipinski definition) is 1. The van der Waals surface area contributed by atoms with E-state index in [0.717, 1.165) is 39.9 Å². The molecule has 2 aromatic carbocycles. The maximum atomic E-state index is 12.6. The van der Waals surface area contributed by atoms with Crippen LogP contribution < -0.4 is 5.32 Å². The molecule has 0 unspecified atom stereocenters. The highest BCUT2D eigenvalue weighted by atomic mass is 32.2. The van der Waals surface area contributed by atoms with Crippen molar-refractivity contribution in [1.29, 1.82) is 0 Å². The molecule has 162 valence electrons. The van der Waals surface area contributed by atoms with Gasteiger partial charge in [0.25, 0.3) is 11.1 Å². The van der Waals surface area contributed by atoms with Crippen LogP contribution in [0.4, 0.5) is 9.93 Å². The Morgan fingerprint density at radius 2 is 1.78 bits per heavy atom. The average Bonchev–Trinajstić information content (AvgIpc) is 3.34. The minimum Gasteiger partial charge on any atom is -0.300 e. The van der Waals surface area contributed by atoms with Crippen molar-refractivity contribution in [2.75, 3.05) is 11.9 Å². The second kappa shape index (κ2) is 9.93. The minimum absolute atomic E-state index is 0.305. The molecular formula is C24H21N3O3S2. The lowest BCUT2D eigenvalue weighted by molar-refractivity contribution is -0.127. The van der Waals surface area contributed by atoms with Crippen LogP contribution in [0.25, 0.3) is 6.08 Å². The second-order valence-corrected chi connectivity index (χ2v) is 9.31. The number of nitrogens with one attached hydrogen (secondary N) is 1. The molecule has 1 aliphatic rings. The molecule has 0 spiro atoms. The van der Waals surface area contributed by atoms with Gasteiger partial charge in [-0.2, -0.15) is 0 Å². The van der Waals surface area contributed by atoms with E-state index in [-0.39, 0.29) is 6.54 Å². The third kappa shape index (κ3) is 5.33. The van der Waals surface area contributed by atoms with E-state index in [9.17, 15) is 14.4 Å². The summed E-state index contributed by atoms with van der Waals surface area (Å²) in [5.41, 5.74) is 3.28. The van der Waals surface area contributed by atoms with Crippen molar-refractivity contribution in [3.8, 4) is 0 Å². The summed E-state index contributed by atoms with van der Waals surface area (Å²) in [6.45, 7) is 1.78. The normalized spacial score (nSPS) is 14.9. The van der Waals surface area contributed by atoms with Crippen molar-refractivity contribution >= 4 is 51.4 Å². The Kier molecular flexibility index (Phi) is 6.82. The molecule has 3 aromatic rings. The third-order valence-electron chi connectivity index (χ3n) is 4.88. The maximum Gasteiger partial charge on any atom is 0.294 e. The monoisotopic (exact) mass is 463 g/mol. The highest BCUT2D eigenvalue weighted by Gasteiger charge is 2.36. The molecule has 32 heavy (non-hydrogen) atoms. The van der Waals surface area contributed by atoms with Gasteiger partial charge in [0.1, 0.15) is 6.54 Å². The summed E-state index contributed by atoms with van der Waals surface area (Å²) < 4.78 is 0. The van der Waals surface area contributed by atoms with Crippen LogP contribution in [0.2, 0.25) is 0 Å². The van der Waals surface area contributed by atoms with Crippen molar-refractivity contribution in [3.63, 3.8) is 0 Å². The number of anilines is 1. The molecule has 3 amide bonds. The summed E-state index contributed by atoms with van der Waals surface area (Å²) in [6.07, 6.45) is 5.12. The number of carbonyl (C=O) groups is 3. The van der Waals surface area contributed by atoms with E-state index in [1.807, 2.05) is 30.3 Å². The molecular weight excluding hydrogens is 442 g/mol. The number of carbonyl (C=O) groups excluding carboxylic acids is 3. The zero-order chi connectivity index (χ0) is 22.5. The summed E-state index contributed by atoms with van der Waals surface area (Å²) in [5.74, 6) is -0.921. The smallest absolute Gasteiger partial charge is 0.294 e. The zero-order valence-electron chi connectivity index (χ0n) is 17.4. The number of nitrogens with zero attached hydrogens (tertiary/aromatic N) is 2. The van der Waals surface area contributed by atoms with Gasteiger partial charge in [0.05, 0.1) is 4.91 Å². The number of benzene rings is 2. The Bertz CT molecular complexity index is 1170. The Labute approximate surface area is 194 Å². The SMILES string of the molecule is CCc1ccc(Cc2cnc(NC(=O)CN3C(=O)S/C(=C\c4ccccc4)C3=O)s2)cc1. The predicted molar refractivity (Wildman–Crippen MR) is 128 cm³/mol. The van der Waals surface area contributed by atoms with Crippen LogP contribution in [-0.2, 0) is 22.4 Å². The molecule has 0 saturated carbocycles. The van der Waals surface area contributed by atoms with E-state index in [4.69, 9.17) is 0 Å². The molecule has 1 aliphatic heterocycles. The van der Waals surface area contributed by atoms with Crippen molar-refractivity contribution in [2.45, 2.75) is 19.8 Å². The Hall–Kier alpha value is -3.23. The molecule has 6 nitrogen and oxygen atoms in total. The van der Waals surface area contributed by atoms with Crippen LogP contribution in [-0.4, -0.2) is 33.5 Å². The highest BCUT2D eigenvalue weighted by molar-refractivity contribution is 8.18. The third-order valence-corrected chi connectivity index (χ3v) is 6.70. The van der Waals surface area contributed by atoms with Crippen LogP contribution in [0.15, 0.2) is 65.7 Å². The summed E-state index contributed by atoms with van der Waals surface area (Å²) in [4.78, 5) is 43.8. The lowest BCUT2D eigenvalue weighted by Gasteiger charge is -2.11. The van der Waals surface area contributed by atoms with Gasteiger partial charge < -0.3 is 5.32 Å². The first-order valence-corrected chi connectivity index (χ1v) is 11.8. The van der Waals surface area contributed by atoms with Gasteiger partial charge in [0.15, 0.2) is 5.13 Å². The highest BCUT2D eigenvalue weighted by Crippen LogP contribution is 2.32. The molecule has 8 heteroatoms. The molecule has 2 heterocycles. The number of rotatable bonds is 7. The maximum absolute atomic E-state index is 12.6. The molecule has 1 saturated heterocycles. The lowest BCUT2D eigenvalue weighted by atomic mass is 10.1. The first-order chi connectivity index (χ1) is 15.5. The van der Waals surface area contributed by atoms with Crippen LogP contribution in [0.5, 0.6) is 0 Å². The van der Waals surface area contributed by atoms with E-state index in [1.54, 1.807) is 12.3 Å². The topological polar surface area (TPSA) is 79.4 Å². The number of amides is 3. The van der Waals surface area contributed by atoms with Crippen molar-refractivity contribution in [3.05, 3.63) is 87.3 Å². The van der Waals surface area contributed by atoms with Gasteiger partial charge in [-0.15, -0.1) is 11.3 Å². The average molecular weight is 464 g/mol. The number of thiazole rings is 1. The van der Waals surface area contributed by atoms with Crippen molar-refractivity contribution in [2.24, 2.45) is 0 Å². The molecule has 0 aliphatic carbocycles. The number of aromatic nitrogens is 1. The van der Waals surface area contributed by atoms with E-state index in [2.05, 4.69) is 41.5 Å². The molecule has 1 fully saturated rings. The zero-order valence-corrected chi connectivity index (χ0v) is 19.0. The summed E-state index contributed by atoms with van der Waals surface area (Å²) in [6, 6.07) is 17.7.